The van der Waals surface area contributed by atoms with E-state index in [0.29, 0.717) is 0 Å². The van der Waals surface area contributed by atoms with Crippen LogP contribution in [0.2, 0.25) is 0 Å². The lowest BCUT2D eigenvalue weighted by atomic mass is 10.2. The van der Waals surface area contributed by atoms with Crippen molar-refractivity contribution in [3.63, 3.8) is 0 Å². The van der Waals surface area contributed by atoms with Crippen LogP contribution in [-0.2, 0) is 14.8 Å². The molecule has 0 aromatic carbocycles. The van der Waals surface area contributed by atoms with E-state index in [2.05, 4.69) is 0 Å². The summed E-state index contributed by atoms with van der Waals surface area (Å²) in [6.45, 7) is 1.15. The van der Waals surface area contributed by atoms with Gasteiger partial charge in [-0.25, -0.2) is 8.42 Å². The van der Waals surface area contributed by atoms with Gasteiger partial charge in [0.15, 0.2) is 5.25 Å². The van der Waals surface area contributed by atoms with E-state index in [1.165, 1.54) is 6.07 Å². The van der Waals surface area contributed by atoms with E-state index in [1.807, 2.05) is 10.6 Å². The first-order valence-electron chi connectivity index (χ1n) is 3.92. The van der Waals surface area contributed by atoms with E-state index in [0.717, 1.165) is 6.92 Å². The lowest BCUT2D eigenvalue weighted by Crippen LogP contribution is -2.43. The minimum absolute atomic E-state index is 0.271. The number of terminal acetylenes is 1. The molecule has 15 heavy (non-hydrogen) atoms. The number of aliphatic carboxylic acids is 1. The van der Waals surface area contributed by atoms with Gasteiger partial charge in [-0.3, -0.25) is 4.79 Å². The Labute approximate surface area is 88.0 Å². The van der Waals surface area contributed by atoms with Crippen LogP contribution in [0.3, 0.4) is 0 Å². The number of carboxylic acids is 1. The monoisotopic (exact) mass is 230 g/mol. The van der Waals surface area contributed by atoms with Crippen LogP contribution < -0.4 is 4.72 Å². The van der Waals surface area contributed by atoms with Gasteiger partial charge < -0.3 is 5.11 Å². The second-order valence-electron chi connectivity index (χ2n) is 2.73. The van der Waals surface area contributed by atoms with Gasteiger partial charge in [-0.1, -0.05) is 0 Å². The molecule has 0 rings (SSSR count). The Morgan fingerprint density at radius 3 is 2.53 bits per heavy atom. The first-order valence-corrected chi connectivity index (χ1v) is 5.46. The summed E-state index contributed by atoms with van der Waals surface area (Å²) in [6, 6.07) is 0.104. The number of carboxylic acid groups (broad SMARTS) is 1. The minimum atomic E-state index is -3.96. The molecule has 0 bridgehead atoms. The number of carbonyl (C=O) groups is 1. The number of nitrogens with one attached hydrogen (secondary N) is 1. The van der Waals surface area contributed by atoms with E-state index in [9.17, 15) is 13.2 Å². The highest BCUT2D eigenvalue weighted by Gasteiger charge is 2.27. The number of hydrogen-bond donors (Lipinski definition) is 2. The Hall–Kier alpha value is -1.57. The van der Waals surface area contributed by atoms with Crippen molar-refractivity contribution in [1.82, 2.24) is 4.72 Å². The van der Waals surface area contributed by atoms with Crippen molar-refractivity contribution in [3.05, 3.63) is 0 Å². The van der Waals surface area contributed by atoms with Crippen molar-refractivity contribution < 1.29 is 18.3 Å². The molecule has 2 atom stereocenters. The summed E-state index contributed by atoms with van der Waals surface area (Å²) >= 11 is 0. The molecule has 0 saturated heterocycles. The van der Waals surface area contributed by atoms with Crippen LogP contribution in [0.1, 0.15) is 13.3 Å². The van der Waals surface area contributed by atoms with Crippen molar-refractivity contribution in [2.24, 2.45) is 0 Å². The topological polar surface area (TPSA) is 107 Å². The Kier molecular flexibility index (Phi) is 4.79. The predicted molar refractivity (Wildman–Crippen MR) is 52.0 cm³/mol. The van der Waals surface area contributed by atoms with E-state index < -0.39 is 27.3 Å². The molecule has 0 saturated carbocycles. The normalized spacial score (nSPS) is 14.6. The Morgan fingerprint density at radius 1 is 1.67 bits per heavy atom. The van der Waals surface area contributed by atoms with Crippen LogP contribution in [0, 0.1) is 23.7 Å². The summed E-state index contributed by atoms with van der Waals surface area (Å²) in [7, 11) is -3.96. The summed E-state index contributed by atoms with van der Waals surface area (Å²) in [5.74, 6) is 0.665. The van der Waals surface area contributed by atoms with Gasteiger partial charge in [-0.2, -0.15) is 9.98 Å². The average molecular weight is 230 g/mol. The summed E-state index contributed by atoms with van der Waals surface area (Å²) in [5.41, 5.74) is 0. The van der Waals surface area contributed by atoms with Crippen LogP contribution in [0.4, 0.5) is 0 Å². The molecule has 0 aromatic heterocycles. The average Bonchev–Trinajstić information content (AvgIpc) is 2.15. The molecule has 0 spiro atoms. The van der Waals surface area contributed by atoms with Crippen molar-refractivity contribution >= 4 is 16.0 Å². The summed E-state index contributed by atoms with van der Waals surface area (Å²) < 4.78 is 24.4. The largest absolute Gasteiger partial charge is 0.480 e. The van der Waals surface area contributed by atoms with Gasteiger partial charge in [0.25, 0.3) is 0 Å². The molecule has 0 aromatic rings. The van der Waals surface area contributed by atoms with Crippen molar-refractivity contribution in [2.75, 3.05) is 0 Å². The van der Waals surface area contributed by atoms with Gasteiger partial charge in [0.2, 0.25) is 10.0 Å². The molecule has 0 fully saturated rings. The number of sulfonamides is 1. The molecule has 0 amide bonds. The zero-order valence-electron chi connectivity index (χ0n) is 7.97. The predicted octanol–water partition coefficient (Wildman–Crippen LogP) is -0.706. The zero-order valence-corrected chi connectivity index (χ0v) is 8.78. The van der Waals surface area contributed by atoms with Crippen molar-refractivity contribution in [3.8, 4) is 18.4 Å². The number of nitriles is 1. The maximum Gasteiger partial charge on any atom is 0.322 e. The summed E-state index contributed by atoms with van der Waals surface area (Å²) in [5, 5.41) is 15.7. The molecule has 2 N–H and O–H groups in total. The smallest absolute Gasteiger partial charge is 0.322 e. The third-order valence-corrected chi connectivity index (χ3v) is 3.22. The van der Waals surface area contributed by atoms with Crippen LogP contribution in [-0.4, -0.2) is 30.8 Å². The Bertz CT molecular complexity index is 415. The van der Waals surface area contributed by atoms with Crippen LogP contribution >= 0.6 is 0 Å². The number of rotatable bonds is 5. The van der Waals surface area contributed by atoms with Crippen LogP contribution in [0.15, 0.2) is 0 Å². The highest BCUT2D eigenvalue weighted by molar-refractivity contribution is 7.90. The van der Waals surface area contributed by atoms with Crippen LogP contribution in [0.25, 0.3) is 0 Å². The zero-order chi connectivity index (χ0) is 12.1. The highest BCUT2D eigenvalue weighted by atomic mass is 32.2. The minimum Gasteiger partial charge on any atom is -0.480 e. The molecule has 7 heteroatoms. The number of hydrogen-bond acceptors (Lipinski definition) is 4. The summed E-state index contributed by atoms with van der Waals surface area (Å²) in [4.78, 5) is 10.6. The SMILES string of the molecule is C#CCC(NS(=O)(=O)C(C)C#N)C(=O)O. The lowest BCUT2D eigenvalue weighted by molar-refractivity contribution is -0.138. The lowest BCUT2D eigenvalue weighted by Gasteiger charge is -2.12. The molecule has 82 valence electrons. The maximum absolute atomic E-state index is 11.3. The van der Waals surface area contributed by atoms with Crippen molar-refractivity contribution in [2.45, 2.75) is 24.6 Å². The molecule has 6 nitrogen and oxygen atoms in total. The maximum atomic E-state index is 11.3. The van der Waals surface area contributed by atoms with E-state index in [-0.39, 0.29) is 6.42 Å². The fraction of sp³-hybridized carbons (Fsp3) is 0.500. The first kappa shape index (κ1) is 13.4. The molecule has 0 aliphatic rings. The second kappa shape index (κ2) is 5.35. The molecule has 2 unspecified atom stereocenters. The standard InChI is InChI=1S/C8H10N2O4S/c1-3-4-7(8(11)12)10-15(13,14)6(2)5-9/h1,6-7,10H,4H2,2H3,(H,11,12). The van der Waals surface area contributed by atoms with Gasteiger partial charge in [0.1, 0.15) is 6.04 Å². The molecular formula is C8H10N2O4S. The third kappa shape index (κ3) is 3.98. The second-order valence-corrected chi connectivity index (χ2v) is 4.77. The van der Waals surface area contributed by atoms with Crippen LogP contribution in [0.5, 0.6) is 0 Å². The molecule has 0 aliphatic heterocycles. The Balaban J connectivity index is 4.78. The quantitative estimate of drug-likeness (QED) is 0.607. The van der Waals surface area contributed by atoms with Gasteiger partial charge in [0, 0.05) is 6.42 Å². The summed E-state index contributed by atoms with van der Waals surface area (Å²) in [6.07, 6.45) is 4.61. The van der Waals surface area contributed by atoms with E-state index >= 15 is 0 Å². The Morgan fingerprint density at radius 2 is 2.20 bits per heavy atom. The molecule has 0 heterocycles. The highest BCUT2D eigenvalue weighted by Crippen LogP contribution is 2.01. The molecule has 0 aliphatic carbocycles. The van der Waals surface area contributed by atoms with E-state index in [4.69, 9.17) is 16.8 Å². The molecule has 0 radical (unpaired) electrons. The van der Waals surface area contributed by atoms with Gasteiger partial charge >= 0.3 is 5.97 Å². The van der Waals surface area contributed by atoms with Gasteiger partial charge in [0.05, 0.1) is 6.07 Å². The fourth-order valence-electron chi connectivity index (χ4n) is 0.667. The van der Waals surface area contributed by atoms with Gasteiger partial charge in [-0.15, -0.1) is 12.3 Å². The third-order valence-electron chi connectivity index (χ3n) is 1.57. The molecular weight excluding hydrogens is 220 g/mol. The first-order chi connectivity index (χ1) is 6.85. The van der Waals surface area contributed by atoms with Gasteiger partial charge in [-0.05, 0) is 6.92 Å². The number of nitrogens with zero attached hydrogens (tertiary/aromatic N) is 1. The van der Waals surface area contributed by atoms with E-state index in [1.54, 1.807) is 0 Å². The van der Waals surface area contributed by atoms with Crippen molar-refractivity contribution in [1.29, 1.82) is 5.26 Å². The fourth-order valence-corrected chi connectivity index (χ4v) is 1.59.